The number of nitrogens with zero attached hydrogens (tertiary/aromatic N) is 2. The van der Waals surface area contributed by atoms with Crippen molar-refractivity contribution in [2.45, 2.75) is 26.6 Å². The van der Waals surface area contributed by atoms with Crippen LogP contribution in [0.5, 0.6) is 0 Å². The predicted octanol–water partition coefficient (Wildman–Crippen LogP) is 1.73. The maximum atomic E-state index is 12.0. The monoisotopic (exact) mass is 285 g/mol. The van der Waals surface area contributed by atoms with E-state index in [1.54, 1.807) is 6.92 Å². The Balaban J connectivity index is 1.66. The summed E-state index contributed by atoms with van der Waals surface area (Å²) >= 11 is 0. The summed E-state index contributed by atoms with van der Waals surface area (Å²) in [4.78, 5) is 32.2. The number of benzene rings is 1. The molecule has 0 unspecified atom stereocenters. The Kier molecular flexibility index (Phi) is 3.43. The van der Waals surface area contributed by atoms with E-state index in [2.05, 4.69) is 9.97 Å². The smallest absolute Gasteiger partial charge is 0.410 e. The van der Waals surface area contributed by atoms with Gasteiger partial charge in [0, 0.05) is 0 Å². The largest absolute Gasteiger partial charge is 0.445 e. The molecule has 1 aromatic heterocycles. The number of aryl methyl sites for hydroxylation is 1. The Labute approximate surface area is 121 Å². The van der Waals surface area contributed by atoms with Crippen LogP contribution in [0.4, 0.5) is 4.79 Å². The molecule has 1 N–H and O–H groups in total. The van der Waals surface area contributed by atoms with E-state index < -0.39 is 6.09 Å². The zero-order chi connectivity index (χ0) is 14.8. The van der Waals surface area contributed by atoms with Crippen molar-refractivity contribution in [3.8, 4) is 0 Å². The molecule has 0 spiro atoms. The molecular formula is C15H15N3O3. The quantitative estimate of drug-likeness (QED) is 0.911. The lowest BCUT2D eigenvalue weighted by Crippen LogP contribution is -2.26. The number of ether oxygens (including phenoxy) is 1. The standard InChI is InChI=1S/C15H15N3O3/c1-10-16-13-8-18(7-12(13)14(19)17-10)15(20)21-9-11-5-3-2-4-6-11/h2-6H,7-9H2,1H3,(H,16,17,19). The number of carbonyl (C=O) groups is 1. The molecule has 3 rings (SSSR count). The third kappa shape index (κ3) is 2.79. The highest BCUT2D eigenvalue weighted by Gasteiger charge is 2.28. The number of fused-ring (bicyclic) bond motifs is 1. The highest BCUT2D eigenvalue weighted by atomic mass is 16.6. The molecule has 0 aliphatic carbocycles. The van der Waals surface area contributed by atoms with E-state index in [-0.39, 0.29) is 18.7 Å². The molecule has 6 heteroatoms. The van der Waals surface area contributed by atoms with Crippen molar-refractivity contribution in [3.05, 3.63) is 63.3 Å². The molecule has 1 aromatic carbocycles. The van der Waals surface area contributed by atoms with Gasteiger partial charge in [-0.05, 0) is 12.5 Å². The van der Waals surface area contributed by atoms with Crippen molar-refractivity contribution >= 4 is 6.09 Å². The van der Waals surface area contributed by atoms with Crippen LogP contribution in [0.1, 0.15) is 22.6 Å². The first kappa shape index (κ1) is 13.4. The highest BCUT2D eigenvalue weighted by Crippen LogP contribution is 2.18. The van der Waals surface area contributed by atoms with Crippen LogP contribution in [-0.4, -0.2) is 21.0 Å². The van der Waals surface area contributed by atoms with Crippen LogP contribution in [0.15, 0.2) is 35.1 Å². The summed E-state index contributed by atoms with van der Waals surface area (Å²) in [6, 6.07) is 9.47. The van der Waals surface area contributed by atoms with Gasteiger partial charge in [0.25, 0.3) is 5.56 Å². The van der Waals surface area contributed by atoms with Crippen LogP contribution < -0.4 is 5.56 Å². The summed E-state index contributed by atoms with van der Waals surface area (Å²) in [5.41, 5.74) is 1.93. The zero-order valence-corrected chi connectivity index (χ0v) is 11.6. The number of aromatic amines is 1. The topological polar surface area (TPSA) is 75.3 Å². The molecule has 0 saturated carbocycles. The van der Waals surface area contributed by atoms with E-state index in [0.29, 0.717) is 23.6 Å². The highest BCUT2D eigenvalue weighted by molar-refractivity contribution is 5.68. The summed E-state index contributed by atoms with van der Waals surface area (Å²) < 4.78 is 5.26. The van der Waals surface area contributed by atoms with Crippen LogP contribution in [0.3, 0.4) is 0 Å². The van der Waals surface area contributed by atoms with Crippen LogP contribution in [0, 0.1) is 6.92 Å². The summed E-state index contributed by atoms with van der Waals surface area (Å²) in [6.45, 7) is 2.49. The van der Waals surface area contributed by atoms with E-state index in [9.17, 15) is 9.59 Å². The molecule has 21 heavy (non-hydrogen) atoms. The number of aromatic nitrogens is 2. The number of amides is 1. The molecule has 0 saturated heterocycles. The number of hydrogen-bond donors (Lipinski definition) is 1. The van der Waals surface area contributed by atoms with Crippen molar-refractivity contribution in [1.29, 1.82) is 0 Å². The second kappa shape index (κ2) is 5.40. The Morgan fingerprint density at radius 3 is 2.86 bits per heavy atom. The predicted molar refractivity (Wildman–Crippen MR) is 75.5 cm³/mol. The average molecular weight is 285 g/mol. The van der Waals surface area contributed by atoms with Gasteiger partial charge in [-0.25, -0.2) is 9.78 Å². The first-order valence-electron chi connectivity index (χ1n) is 6.68. The van der Waals surface area contributed by atoms with Gasteiger partial charge in [0.1, 0.15) is 12.4 Å². The summed E-state index contributed by atoms with van der Waals surface area (Å²) in [5.74, 6) is 0.554. The van der Waals surface area contributed by atoms with Crippen molar-refractivity contribution in [2.75, 3.05) is 0 Å². The number of hydrogen-bond acceptors (Lipinski definition) is 4. The molecule has 1 aliphatic rings. The van der Waals surface area contributed by atoms with Crippen molar-refractivity contribution in [3.63, 3.8) is 0 Å². The maximum absolute atomic E-state index is 12.0. The Bertz CT molecular complexity index is 725. The summed E-state index contributed by atoms with van der Waals surface area (Å²) in [5, 5.41) is 0. The van der Waals surface area contributed by atoms with Crippen molar-refractivity contribution in [2.24, 2.45) is 0 Å². The van der Waals surface area contributed by atoms with Gasteiger partial charge in [0.2, 0.25) is 0 Å². The molecule has 0 fully saturated rings. The van der Waals surface area contributed by atoms with Crippen molar-refractivity contribution < 1.29 is 9.53 Å². The first-order chi connectivity index (χ1) is 10.1. The Morgan fingerprint density at radius 2 is 2.10 bits per heavy atom. The average Bonchev–Trinajstić information content (AvgIpc) is 2.90. The fraction of sp³-hybridized carbons (Fsp3) is 0.267. The zero-order valence-electron chi connectivity index (χ0n) is 11.6. The van der Waals surface area contributed by atoms with E-state index in [4.69, 9.17) is 4.74 Å². The number of nitrogens with one attached hydrogen (secondary N) is 1. The molecular weight excluding hydrogens is 270 g/mol. The van der Waals surface area contributed by atoms with Gasteiger partial charge >= 0.3 is 6.09 Å². The van der Waals surface area contributed by atoms with Gasteiger partial charge < -0.3 is 9.72 Å². The van der Waals surface area contributed by atoms with E-state index >= 15 is 0 Å². The molecule has 0 atom stereocenters. The Hall–Kier alpha value is -2.63. The van der Waals surface area contributed by atoms with Crippen LogP contribution in [0.2, 0.25) is 0 Å². The summed E-state index contributed by atoms with van der Waals surface area (Å²) in [6.07, 6.45) is -0.436. The van der Waals surface area contributed by atoms with Crippen LogP contribution in [-0.2, 0) is 24.4 Å². The molecule has 2 aromatic rings. The Morgan fingerprint density at radius 1 is 1.33 bits per heavy atom. The van der Waals surface area contributed by atoms with Gasteiger partial charge in [-0.1, -0.05) is 30.3 Å². The molecule has 1 amide bonds. The fourth-order valence-electron chi connectivity index (χ4n) is 2.33. The molecule has 108 valence electrons. The number of rotatable bonds is 2. The number of carbonyl (C=O) groups excluding carboxylic acids is 1. The normalized spacial score (nSPS) is 13.1. The summed E-state index contributed by atoms with van der Waals surface area (Å²) in [7, 11) is 0. The van der Waals surface area contributed by atoms with E-state index in [1.807, 2.05) is 30.3 Å². The fourth-order valence-corrected chi connectivity index (χ4v) is 2.33. The minimum atomic E-state index is -0.436. The third-order valence-corrected chi connectivity index (χ3v) is 3.37. The maximum Gasteiger partial charge on any atom is 0.410 e. The first-order valence-corrected chi connectivity index (χ1v) is 6.68. The van der Waals surface area contributed by atoms with Gasteiger partial charge in [-0.15, -0.1) is 0 Å². The minimum absolute atomic E-state index is 0.184. The van der Waals surface area contributed by atoms with Crippen molar-refractivity contribution in [1.82, 2.24) is 14.9 Å². The molecule has 6 nitrogen and oxygen atoms in total. The second-order valence-electron chi connectivity index (χ2n) is 4.97. The van der Waals surface area contributed by atoms with E-state index in [0.717, 1.165) is 5.56 Å². The molecule has 1 aliphatic heterocycles. The SMILES string of the molecule is Cc1nc2c(c(=O)[nH]1)CN(C(=O)OCc1ccccc1)C2. The minimum Gasteiger partial charge on any atom is -0.445 e. The van der Waals surface area contributed by atoms with Crippen LogP contribution >= 0.6 is 0 Å². The third-order valence-electron chi connectivity index (χ3n) is 3.37. The van der Waals surface area contributed by atoms with Gasteiger partial charge in [-0.3, -0.25) is 9.69 Å². The van der Waals surface area contributed by atoms with Crippen LogP contribution in [0.25, 0.3) is 0 Å². The van der Waals surface area contributed by atoms with Gasteiger partial charge in [0.15, 0.2) is 0 Å². The molecule has 0 radical (unpaired) electrons. The lowest BCUT2D eigenvalue weighted by molar-refractivity contribution is 0.0952. The van der Waals surface area contributed by atoms with Gasteiger partial charge in [0.05, 0.1) is 24.3 Å². The molecule has 2 heterocycles. The molecule has 0 bridgehead atoms. The number of H-pyrrole nitrogens is 1. The van der Waals surface area contributed by atoms with E-state index in [1.165, 1.54) is 4.90 Å². The lowest BCUT2D eigenvalue weighted by atomic mass is 10.2. The van der Waals surface area contributed by atoms with Gasteiger partial charge in [-0.2, -0.15) is 0 Å². The lowest BCUT2D eigenvalue weighted by Gasteiger charge is -2.14. The second-order valence-corrected chi connectivity index (χ2v) is 4.97.